The van der Waals surface area contributed by atoms with Gasteiger partial charge in [-0.1, -0.05) is 37.6 Å². The van der Waals surface area contributed by atoms with Crippen molar-refractivity contribution in [2.75, 3.05) is 5.32 Å². The van der Waals surface area contributed by atoms with E-state index in [-0.39, 0.29) is 11.9 Å². The fourth-order valence-corrected chi connectivity index (χ4v) is 3.16. The van der Waals surface area contributed by atoms with Crippen molar-refractivity contribution in [2.24, 2.45) is 5.73 Å². The molecule has 2 aromatic carbocycles. The molecule has 3 rings (SSSR count). The van der Waals surface area contributed by atoms with Crippen LogP contribution in [0.2, 0.25) is 0 Å². The number of nitrogens with one attached hydrogen (secondary N) is 1. The molecule has 1 atom stereocenters. The molecule has 1 amide bonds. The number of primary amides is 1. The molecule has 0 fully saturated rings. The van der Waals surface area contributed by atoms with E-state index >= 15 is 0 Å². The van der Waals surface area contributed by atoms with Gasteiger partial charge in [-0.3, -0.25) is 9.78 Å². The Kier molecular flexibility index (Phi) is 5.32. The van der Waals surface area contributed by atoms with Crippen molar-refractivity contribution in [3.05, 3.63) is 77.0 Å². The summed E-state index contributed by atoms with van der Waals surface area (Å²) in [5.41, 5.74) is 7.89. The van der Waals surface area contributed by atoms with Crippen molar-refractivity contribution in [3.63, 3.8) is 0 Å². The molecule has 0 bridgehead atoms. The van der Waals surface area contributed by atoms with Crippen LogP contribution in [0.4, 0.5) is 15.8 Å². The summed E-state index contributed by atoms with van der Waals surface area (Å²) in [6, 6.07) is 11.3. The predicted octanol–water partition coefficient (Wildman–Crippen LogP) is 4.98. The second-order valence-corrected chi connectivity index (χ2v) is 6.24. The minimum Gasteiger partial charge on any atom is -0.386 e. The van der Waals surface area contributed by atoms with Crippen molar-refractivity contribution >= 4 is 28.2 Å². The van der Waals surface area contributed by atoms with Crippen LogP contribution in [0.3, 0.4) is 0 Å². The van der Waals surface area contributed by atoms with E-state index in [0.29, 0.717) is 27.8 Å². The first-order chi connectivity index (χ1) is 13.0. The van der Waals surface area contributed by atoms with Crippen LogP contribution < -0.4 is 11.1 Å². The van der Waals surface area contributed by atoms with E-state index in [1.165, 1.54) is 18.3 Å². The molecule has 6 heteroatoms. The quantitative estimate of drug-likeness (QED) is 0.608. The van der Waals surface area contributed by atoms with Gasteiger partial charge in [-0.05, 0) is 30.2 Å². The molecule has 5 nitrogen and oxygen atoms in total. The third-order valence-electron chi connectivity index (χ3n) is 4.41. The molecular formula is C21H19FN4O. The van der Waals surface area contributed by atoms with E-state index < -0.39 is 5.91 Å². The summed E-state index contributed by atoms with van der Waals surface area (Å²) in [7, 11) is 0. The fraction of sp³-hybridized carbons (Fsp3) is 0.190. The average molecular weight is 362 g/mol. The number of fused-ring (bicyclic) bond motifs is 1. The van der Waals surface area contributed by atoms with E-state index in [4.69, 9.17) is 12.3 Å². The molecule has 0 spiro atoms. The van der Waals surface area contributed by atoms with E-state index in [1.54, 1.807) is 24.3 Å². The van der Waals surface area contributed by atoms with Crippen LogP contribution in [-0.4, -0.2) is 10.9 Å². The number of hydrogen-bond acceptors (Lipinski definition) is 3. The second-order valence-electron chi connectivity index (χ2n) is 6.24. The van der Waals surface area contributed by atoms with Crippen molar-refractivity contribution in [2.45, 2.75) is 25.8 Å². The van der Waals surface area contributed by atoms with E-state index in [0.717, 1.165) is 18.4 Å². The topological polar surface area (TPSA) is 72.4 Å². The number of rotatable bonds is 6. The molecular weight excluding hydrogens is 343 g/mol. The van der Waals surface area contributed by atoms with E-state index in [2.05, 4.69) is 15.1 Å². The van der Waals surface area contributed by atoms with Gasteiger partial charge < -0.3 is 11.1 Å². The molecule has 0 aliphatic heterocycles. The summed E-state index contributed by atoms with van der Waals surface area (Å²) in [6.07, 6.45) is 3.05. The normalized spacial score (nSPS) is 11.7. The Hall–Kier alpha value is -3.46. The summed E-state index contributed by atoms with van der Waals surface area (Å²) in [4.78, 5) is 19.5. The Morgan fingerprint density at radius 3 is 2.78 bits per heavy atom. The van der Waals surface area contributed by atoms with Crippen molar-refractivity contribution in [1.82, 2.24) is 4.98 Å². The fourth-order valence-electron chi connectivity index (χ4n) is 3.16. The van der Waals surface area contributed by atoms with Crippen LogP contribution in [0, 0.1) is 12.4 Å². The number of halogens is 1. The second kappa shape index (κ2) is 7.83. The molecule has 3 N–H and O–H groups in total. The lowest BCUT2D eigenvalue weighted by Crippen LogP contribution is -2.14. The standard InChI is InChI=1S/C21H19FN4O/c1-3-6-17(13-7-4-8-14(22)11-13)26-20-15-9-5-10-16(21(23)27)19(15)25-12-18(20)24-2/h4-5,7-12,17H,3,6H2,1H3,(H2,23,27)(H,25,26)/t17-/m1/s1. The molecule has 27 heavy (non-hydrogen) atoms. The lowest BCUT2D eigenvalue weighted by Gasteiger charge is -2.22. The molecule has 3 aromatic rings. The Bertz CT molecular complexity index is 1040. The Balaban J connectivity index is 2.15. The van der Waals surface area contributed by atoms with Crippen molar-refractivity contribution in [3.8, 4) is 0 Å². The maximum Gasteiger partial charge on any atom is 0.250 e. The highest BCUT2D eigenvalue weighted by atomic mass is 19.1. The summed E-state index contributed by atoms with van der Waals surface area (Å²) in [5.74, 6) is -0.888. The van der Waals surface area contributed by atoms with Crippen LogP contribution in [-0.2, 0) is 0 Å². The van der Waals surface area contributed by atoms with Gasteiger partial charge in [0.2, 0.25) is 5.69 Å². The lowest BCUT2D eigenvalue weighted by molar-refractivity contribution is 0.100. The SMILES string of the molecule is [C-]#[N+]c1cnc2c(C(N)=O)cccc2c1N[C@H](CCC)c1cccc(F)c1. The number of amides is 1. The zero-order valence-electron chi connectivity index (χ0n) is 14.9. The van der Waals surface area contributed by atoms with Crippen molar-refractivity contribution < 1.29 is 9.18 Å². The summed E-state index contributed by atoms with van der Waals surface area (Å²) < 4.78 is 13.7. The highest BCUT2D eigenvalue weighted by Gasteiger charge is 2.18. The maximum atomic E-state index is 13.7. The van der Waals surface area contributed by atoms with Gasteiger partial charge in [0, 0.05) is 11.6 Å². The van der Waals surface area contributed by atoms with Gasteiger partial charge in [-0.15, -0.1) is 0 Å². The number of nitrogens with two attached hydrogens (primary N) is 1. The largest absolute Gasteiger partial charge is 0.386 e. The van der Waals surface area contributed by atoms with Gasteiger partial charge in [-0.2, -0.15) is 0 Å². The number of para-hydroxylation sites is 1. The maximum absolute atomic E-state index is 13.7. The predicted molar refractivity (Wildman–Crippen MR) is 104 cm³/mol. The molecule has 0 saturated heterocycles. The van der Waals surface area contributed by atoms with Crippen LogP contribution >= 0.6 is 0 Å². The summed E-state index contributed by atoms with van der Waals surface area (Å²) >= 11 is 0. The third-order valence-corrected chi connectivity index (χ3v) is 4.41. The number of benzene rings is 2. The average Bonchev–Trinajstić information content (AvgIpc) is 2.67. The number of carbonyl (C=O) groups is 1. The summed E-state index contributed by atoms with van der Waals surface area (Å²) in [6.45, 7) is 9.52. The Morgan fingerprint density at radius 1 is 1.33 bits per heavy atom. The summed E-state index contributed by atoms with van der Waals surface area (Å²) in [5, 5.41) is 4.02. The molecule has 0 aliphatic rings. The van der Waals surface area contributed by atoms with Crippen LogP contribution in [0.5, 0.6) is 0 Å². The first kappa shape index (κ1) is 18.3. The molecule has 0 radical (unpaired) electrons. The van der Waals surface area contributed by atoms with Crippen molar-refractivity contribution in [1.29, 1.82) is 0 Å². The van der Waals surface area contributed by atoms with E-state index in [1.807, 2.05) is 13.0 Å². The van der Waals surface area contributed by atoms with Crippen LogP contribution in [0.25, 0.3) is 15.7 Å². The van der Waals surface area contributed by atoms with Crippen LogP contribution in [0.1, 0.15) is 41.7 Å². The number of aromatic nitrogens is 1. The zero-order valence-corrected chi connectivity index (χ0v) is 14.9. The lowest BCUT2D eigenvalue weighted by atomic mass is 10.0. The Labute approximate surface area is 156 Å². The Morgan fingerprint density at radius 2 is 2.11 bits per heavy atom. The molecule has 0 aliphatic carbocycles. The minimum atomic E-state index is -0.579. The number of nitrogens with zero attached hydrogens (tertiary/aromatic N) is 2. The first-order valence-corrected chi connectivity index (χ1v) is 8.66. The molecule has 0 saturated carbocycles. The number of pyridine rings is 1. The molecule has 1 aromatic heterocycles. The van der Waals surface area contributed by atoms with Gasteiger partial charge in [-0.25, -0.2) is 9.24 Å². The van der Waals surface area contributed by atoms with E-state index in [9.17, 15) is 9.18 Å². The van der Waals surface area contributed by atoms with Gasteiger partial charge in [0.05, 0.1) is 29.4 Å². The highest BCUT2D eigenvalue weighted by Crippen LogP contribution is 2.37. The number of anilines is 1. The highest BCUT2D eigenvalue weighted by molar-refractivity contribution is 6.09. The smallest absolute Gasteiger partial charge is 0.250 e. The number of carbonyl (C=O) groups excluding carboxylic acids is 1. The van der Waals surface area contributed by atoms with Gasteiger partial charge in [0.15, 0.2) is 0 Å². The van der Waals surface area contributed by atoms with Crippen LogP contribution in [0.15, 0.2) is 48.7 Å². The molecule has 1 heterocycles. The zero-order chi connectivity index (χ0) is 19.4. The van der Waals surface area contributed by atoms with Gasteiger partial charge in [0.1, 0.15) is 5.82 Å². The monoisotopic (exact) mass is 362 g/mol. The first-order valence-electron chi connectivity index (χ1n) is 8.66. The van der Waals surface area contributed by atoms with Gasteiger partial charge >= 0.3 is 0 Å². The molecule has 136 valence electrons. The van der Waals surface area contributed by atoms with Gasteiger partial charge in [0.25, 0.3) is 5.91 Å². The third kappa shape index (κ3) is 3.72. The molecule has 0 unspecified atom stereocenters. The number of hydrogen-bond donors (Lipinski definition) is 2. The minimum absolute atomic E-state index is 0.186.